The van der Waals surface area contributed by atoms with Crippen molar-refractivity contribution in [1.29, 1.82) is 0 Å². The highest BCUT2D eigenvalue weighted by Gasteiger charge is 2.06. The van der Waals surface area contributed by atoms with Gasteiger partial charge in [-0.25, -0.2) is 0 Å². The van der Waals surface area contributed by atoms with Gasteiger partial charge in [0.05, 0.1) is 12.8 Å². The van der Waals surface area contributed by atoms with Crippen LogP contribution in [0.4, 0.5) is 0 Å². The third-order valence-electron chi connectivity index (χ3n) is 2.80. The summed E-state index contributed by atoms with van der Waals surface area (Å²) in [5.41, 5.74) is 0.832. The van der Waals surface area contributed by atoms with E-state index in [1.54, 1.807) is 19.4 Å². The molecule has 0 radical (unpaired) electrons. The molecule has 1 unspecified atom stereocenters. The van der Waals surface area contributed by atoms with Crippen molar-refractivity contribution >= 4 is 0 Å². The van der Waals surface area contributed by atoms with Gasteiger partial charge >= 0.3 is 0 Å². The molecule has 0 fully saturated rings. The van der Waals surface area contributed by atoms with Gasteiger partial charge in [-0.05, 0) is 24.3 Å². The van der Waals surface area contributed by atoms with E-state index in [-0.39, 0.29) is 6.61 Å². The molecular weight excluding hydrogens is 270 g/mol. The van der Waals surface area contributed by atoms with Crippen LogP contribution >= 0.6 is 0 Å². The number of hydrogen-bond acceptors (Lipinski definition) is 6. The fourth-order valence-corrected chi connectivity index (χ4v) is 1.74. The summed E-state index contributed by atoms with van der Waals surface area (Å²) in [5.74, 6) is 1.39. The molecule has 21 heavy (non-hydrogen) atoms. The number of aliphatic hydroxyl groups is 1. The summed E-state index contributed by atoms with van der Waals surface area (Å²) < 4.78 is 10.6. The number of aromatic nitrogens is 2. The number of benzene rings is 1. The lowest BCUT2D eigenvalue weighted by atomic mass is 10.3. The number of rotatable bonds is 8. The van der Waals surface area contributed by atoms with Crippen molar-refractivity contribution < 1.29 is 14.6 Å². The summed E-state index contributed by atoms with van der Waals surface area (Å²) >= 11 is 0. The molecule has 2 aromatic rings. The molecule has 1 aromatic heterocycles. The summed E-state index contributed by atoms with van der Waals surface area (Å²) in [4.78, 5) is 0. The summed E-state index contributed by atoms with van der Waals surface area (Å²) in [6.07, 6.45) is 1.02. The van der Waals surface area contributed by atoms with Crippen molar-refractivity contribution in [2.75, 3.05) is 20.3 Å². The van der Waals surface area contributed by atoms with E-state index < -0.39 is 6.10 Å². The highest BCUT2D eigenvalue weighted by Crippen LogP contribution is 2.18. The standard InChI is InChI=1S/C15H19N3O3/c1-20-14-5-2-6-15(8-14)21-11-13(19)10-16-9-12-4-3-7-17-18-12/h2-8,13,16,19H,9-11H2,1H3. The van der Waals surface area contributed by atoms with Crippen molar-refractivity contribution in [3.8, 4) is 11.5 Å². The van der Waals surface area contributed by atoms with Gasteiger partial charge in [0.25, 0.3) is 0 Å². The second kappa shape index (κ2) is 8.18. The Morgan fingerprint density at radius 3 is 2.86 bits per heavy atom. The molecule has 2 rings (SSSR count). The van der Waals surface area contributed by atoms with Crippen molar-refractivity contribution in [2.24, 2.45) is 0 Å². The number of ether oxygens (including phenoxy) is 2. The van der Waals surface area contributed by atoms with Crippen LogP contribution in [0.2, 0.25) is 0 Å². The first kappa shape index (κ1) is 15.2. The van der Waals surface area contributed by atoms with E-state index in [1.807, 2.05) is 30.3 Å². The summed E-state index contributed by atoms with van der Waals surface area (Å²) in [5, 5.41) is 20.7. The van der Waals surface area contributed by atoms with Crippen LogP contribution in [-0.4, -0.2) is 41.7 Å². The van der Waals surface area contributed by atoms with Crippen LogP contribution in [0.1, 0.15) is 5.69 Å². The first-order valence-corrected chi connectivity index (χ1v) is 6.70. The van der Waals surface area contributed by atoms with Crippen molar-refractivity contribution in [1.82, 2.24) is 15.5 Å². The zero-order chi connectivity index (χ0) is 14.9. The lowest BCUT2D eigenvalue weighted by Crippen LogP contribution is -2.31. The minimum atomic E-state index is -0.604. The molecule has 0 saturated carbocycles. The fraction of sp³-hybridized carbons (Fsp3) is 0.333. The first-order valence-electron chi connectivity index (χ1n) is 6.70. The van der Waals surface area contributed by atoms with Gasteiger partial charge in [-0.2, -0.15) is 10.2 Å². The van der Waals surface area contributed by atoms with Gasteiger partial charge in [0.2, 0.25) is 0 Å². The SMILES string of the molecule is COc1cccc(OCC(O)CNCc2cccnn2)c1. The maximum absolute atomic E-state index is 9.86. The molecule has 6 nitrogen and oxygen atoms in total. The molecule has 0 bridgehead atoms. The Hall–Kier alpha value is -2.18. The Bertz CT molecular complexity index is 537. The molecule has 112 valence electrons. The van der Waals surface area contributed by atoms with Gasteiger partial charge in [0.1, 0.15) is 24.2 Å². The largest absolute Gasteiger partial charge is 0.497 e. The Morgan fingerprint density at radius 1 is 1.24 bits per heavy atom. The minimum Gasteiger partial charge on any atom is -0.497 e. The quantitative estimate of drug-likeness (QED) is 0.755. The third kappa shape index (κ3) is 5.37. The predicted molar refractivity (Wildman–Crippen MR) is 78.2 cm³/mol. The Morgan fingerprint density at radius 2 is 2.10 bits per heavy atom. The molecule has 0 amide bonds. The summed E-state index contributed by atoms with van der Waals surface area (Å²) in [6, 6.07) is 11.0. The van der Waals surface area contributed by atoms with E-state index in [1.165, 1.54) is 0 Å². The van der Waals surface area contributed by atoms with E-state index >= 15 is 0 Å². The normalized spacial score (nSPS) is 11.9. The molecule has 1 heterocycles. The number of nitrogens with one attached hydrogen (secondary N) is 1. The van der Waals surface area contributed by atoms with Crippen molar-refractivity contribution in [3.63, 3.8) is 0 Å². The number of nitrogens with zero attached hydrogens (tertiary/aromatic N) is 2. The van der Waals surface area contributed by atoms with Crippen LogP contribution in [0.25, 0.3) is 0 Å². The van der Waals surface area contributed by atoms with Crippen LogP contribution in [0, 0.1) is 0 Å². The van der Waals surface area contributed by atoms with Crippen LogP contribution in [-0.2, 0) is 6.54 Å². The van der Waals surface area contributed by atoms with Gasteiger partial charge in [-0.3, -0.25) is 0 Å². The maximum atomic E-state index is 9.86. The zero-order valence-corrected chi connectivity index (χ0v) is 11.9. The Balaban J connectivity index is 1.68. The molecule has 0 saturated heterocycles. The average Bonchev–Trinajstić information content (AvgIpc) is 2.54. The topological polar surface area (TPSA) is 76.5 Å². The van der Waals surface area contributed by atoms with Crippen LogP contribution in [0.3, 0.4) is 0 Å². The third-order valence-corrected chi connectivity index (χ3v) is 2.80. The zero-order valence-electron chi connectivity index (χ0n) is 11.9. The van der Waals surface area contributed by atoms with Crippen LogP contribution < -0.4 is 14.8 Å². The van der Waals surface area contributed by atoms with E-state index in [0.29, 0.717) is 18.8 Å². The predicted octanol–water partition coefficient (Wildman–Crippen LogP) is 1.01. The molecule has 6 heteroatoms. The molecule has 1 aromatic carbocycles. The lowest BCUT2D eigenvalue weighted by Gasteiger charge is -2.13. The highest BCUT2D eigenvalue weighted by molar-refractivity contribution is 5.32. The van der Waals surface area contributed by atoms with Crippen LogP contribution in [0.15, 0.2) is 42.6 Å². The van der Waals surface area contributed by atoms with Gasteiger partial charge in [0, 0.05) is 25.4 Å². The van der Waals surface area contributed by atoms with E-state index in [2.05, 4.69) is 15.5 Å². The number of methoxy groups -OCH3 is 1. The van der Waals surface area contributed by atoms with E-state index in [4.69, 9.17) is 9.47 Å². The van der Waals surface area contributed by atoms with Gasteiger partial charge in [-0.15, -0.1) is 0 Å². The maximum Gasteiger partial charge on any atom is 0.123 e. The van der Waals surface area contributed by atoms with Crippen molar-refractivity contribution in [3.05, 3.63) is 48.3 Å². The number of hydrogen-bond donors (Lipinski definition) is 2. The smallest absolute Gasteiger partial charge is 0.123 e. The molecule has 1 atom stereocenters. The van der Waals surface area contributed by atoms with Gasteiger partial charge in [0.15, 0.2) is 0 Å². The van der Waals surface area contributed by atoms with E-state index in [0.717, 1.165) is 11.4 Å². The molecular formula is C15H19N3O3. The lowest BCUT2D eigenvalue weighted by molar-refractivity contribution is 0.106. The summed E-state index contributed by atoms with van der Waals surface area (Å²) in [7, 11) is 1.60. The summed E-state index contributed by atoms with van der Waals surface area (Å²) in [6.45, 7) is 1.19. The second-order valence-electron chi connectivity index (χ2n) is 4.49. The van der Waals surface area contributed by atoms with Crippen LogP contribution in [0.5, 0.6) is 11.5 Å². The second-order valence-corrected chi connectivity index (χ2v) is 4.49. The first-order chi connectivity index (χ1) is 10.3. The van der Waals surface area contributed by atoms with Crippen molar-refractivity contribution in [2.45, 2.75) is 12.6 Å². The monoisotopic (exact) mass is 289 g/mol. The number of aliphatic hydroxyl groups excluding tert-OH is 1. The molecule has 0 spiro atoms. The minimum absolute atomic E-state index is 0.209. The van der Waals surface area contributed by atoms with Gasteiger partial charge in [-0.1, -0.05) is 6.07 Å². The Labute approximate surface area is 123 Å². The highest BCUT2D eigenvalue weighted by atomic mass is 16.5. The average molecular weight is 289 g/mol. The van der Waals surface area contributed by atoms with Gasteiger partial charge < -0.3 is 19.9 Å². The van der Waals surface area contributed by atoms with E-state index in [9.17, 15) is 5.11 Å². The fourth-order valence-electron chi connectivity index (χ4n) is 1.74. The molecule has 0 aliphatic rings. The molecule has 0 aliphatic heterocycles. The molecule has 0 aliphatic carbocycles. The molecule has 2 N–H and O–H groups in total. The Kier molecular flexibility index (Phi) is 5.93.